The molecule has 1 aromatic heterocycles. The van der Waals surface area contributed by atoms with E-state index in [2.05, 4.69) is 16.9 Å². The molecular formula is C13H14N4O. The number of urea groups is 1. The second-order valence-electron chi connectivity index (χ2n) is 4.39. The summed E-state index contributed by atoms with van der Waals surface area (Å²) in [6.45, 7) is 4.38. The average Bonchev–Trinajstić information content (AvgIpc) is 2.68. The Hall–Kier alpha value is -2.30. The number of aryl methyl sites for hydroxylation is 1. The van der Waals surface area contributed by atoms with E-state index in [9.17, 15) is 4.79 Å². The summed E-state index contributed by atoms with van der Waals surface area (Å²) in [5, 5.41) is 2.74. The lowest BCUT2D eigenvalue weighted by molar-refractivity contribution is 0.245. The van der Waals surface area contributed by atoms with Crippen LogP contribution in [0.5, 0.6) is 0 Å². The highest BCUT2D eigenvalue weighted by molar-refractivity contribution is 5.94. The summed E-state index contributed by atoms with van der Waals surface area (Å²) in [6, 6.07) is 7.68. The fraction of sp³-hybridized carbons (Fsp3) is 0.231. The molecule has 0 atom stereocenters. The van der Waals surface area contributed by atoms with Gasteiger partial charge in [-0.3, -0.25) is 4.90 Å². The highest BCUT2D eigenvalue weighted by Gasteiger charge is 2.25. The molecule has 1 aliphatic heterocycles. The number of nitrogens with zero attached hydrogens (tertiary/aromatic N) is 3. The van der Waals surface area contributed by atoms with Crippen LogP contribution in [0.4, 0.5) is 10.7 Å². The summed E-state index contributed by atoms with van der Waals surface area (Å²) in [5.74, 6) is 0.668. The van der Waals surface area contributed by atoms with Crippen molar-refractivity contribution in [3.05, 3.63) is 36.5 Å². The molecule has 92 valence electrons. The lowest BCUT2D eigenvalue weighted by atomic mass is 10.3. The first-order valence-electron chi connectivity index (χ1n) is 5.84. The molecule has 0 saturated carbocycles. The second kappa shape index (κ2) is 3.87. The predicted octanol–water partition coefficient (Wildman–Crippen LogP) is 2.01. The first-order valence-corrected chi connectivity index (χ1v) is 5.84. The van der Waals surface area contributed by atoms with Crippen molar-refractivity contribution < 1.29 is 4.79 Å². The summed E-state index contributed by atoms with van der Waals surface area (Å²) >= 11 is 0. The Morgan fingerprint density at radius 2 is 2.17 bits per heavy atom. The highest BCUT2D eigenvalue weighted by atomic mass is 16.2. The third-order valence-corrected chi connectivity index (χ3v) is 3.17. The van der Waals surface area contributed by atoms with E-state index in [1.54, 1.807) is 4.90 Å². The number of anilines is 1. The van der Waals surface area contributed by atoms with Crippen molar-refractivity contribution in [3.8, 4) is 0 Å². The molecule has 0 spiro atoms. The molecule has 0 bridgehead atoms. The Morgan fingerprint density at radius 1 is 1.39 bits per heavy atom. The van der Waals surface area contributed by atoms with Crippen LogP contribution in [0.3, 0.4) is 0 Å². The van der Waals surface area contributed by atoms with Gasteiger partial charge in [-0.25, -0.2) is 9.78 Å². The smallest absolute Gasteiger partial charge is 0.313 e. The van der Waals surface area contributed by atoms with Gasteiger partial charge in [0.2, 0.25) is 5.95 Å². The molecule has 3 rings (SSSR count). The third kappa shape index (κ3) is 1.55. The number of nitrogens with one attached hydrogen (secondary N) is 1. The average molecular weight is 242 g/mol. The number of imidazole rings is 1. The molecule has 1 N–H and O–H groups in total. The quantitative estimate of drug-likeness (QED) is 0.831. The molecule has 5 heteroatoms. The Kier molecular flexibility index (Phi) is 2.33. The maximum atomic E-state index is 11.9. The lowest BCUT2D eigenvalue weighted by Crippen LogP contribution is -2.46. The molecule has 5 nitrogen and oxygen atoms in total. The molecule has 1 aliphatic rings. The molecule has 1 saturated heterocycles. The molecule has 0 unspecified atom stereocenters. The van der Waals surface area contributed by atoms with Crippen molar-refractivity contribution in [2.45, 2.75) is 6.42 Å². The van der Waals surface area contributed by atoms with Crippen LogP contribution in [0.2, 0.25) is 0 Å². The van der Waals surface area contributed by atoms with E-state index in [1.165, 1.54) is 0 Å². The van der Waals surface area contributed by atoms with Crippen LogP contribution in [0, 0.1) is 0 Å². The van der Waals surface area contributed by atoms with Crippen LogP contribution in [0.1, 0.15) is 6.42 Å². The maximum absolute atomic E-state index is 11.9. The van der Waals surface area contributed by atoms with Gasteiger partial charge in [-0.15, -0.1) is 0 Å². The molecule has 2 amide bonds. The Morgan fingerprint density at radius 3 is 2.89 bits per heavy atom. The molecule has 1 aromatic carbocycles. The summed E-state index contributed by atoms with van der Waals surface area (Å²) in [6.07, 6.45) is 0.745. The van der Waals surface area contributed by atoms with Crippen LogP contribution in [0.25, 0.3) is 11.0 Å². The van der Waals surface area contributed by atoms with E-state index < -0.39 is 0 Å². The van der Waals surface area contributed by atoms with E-state index in [4.69, 9.17) is 0 Å². The molecular weight excluding hydrogens is 228 g/mol. The number of fused-ring (bicyclic) bond motifs is 1. The topological polar surface area (TPSA) is 50.2 Å². The van der Waals surface area contributed by atoms with Gasteiger partial charge >= 0.3 is 6.03 Å². The van der Waals surface area contributed by atoms with Gasteiger partial charge in [0.15, 0.2) is 0 Å². The van der Waals surface area contributed by atoms with E-state index in [-0.39, 0.29) is 6.03 Å². The third-order valence-electron chi connectivity index (χ3n) is 3.17. The van der Waals surface area contributed by atoms with Crippen molar-refractivity contribution in [2.24, 2.45) is 7.05 Å². The summed E-state index contributed by atoms with van der Waals surface area (Å²) < 4.78 is 1.93. The predicted molar refractivity (Wildman–Crippen MR) is 70.3 cm³/mol. The SMILES string of the molecule is C=C1CCN(c2nc3ccccc3n2C)C(=O)N1. The van der Waals surface area contributed by atoms with Gasteiger partial charge in [-0.05, 0) is 12.1 Å². The van der Waals surface area contributed by atoms with Gasteiger partial charge in [-0.2, -0.15) is 0 Å². The molecule has 2 aromatic rings. The highest BCUT2D eigenvalue weighted by Crippen LogP contribution is 2.23. The minimum absolute atomic E-state index is 0.162. The van der Waals surface area contributed by atoms with Crippen molar-refractivity contribution in [1.82, 2.24) is 14.9 Å². The van der Waals surface area contributed by atoms with Gasteiger partial charge in [0.1, 0.15) is 0 Å². The zero-order valence-corrected chi connectivity index (χ0v) is 10.2. The van der Waals surface area contributed by atoms with Crippen LogP contribution >= 0.6 is 0 Å². The van der Waals surface area contributed by atoms with Crippen LogP contribution in [0.15, 0.2) is 36.5 Å². The van der Waals surface area contributed by atoms with Crippen molar-refractivity contribution in [1.29, 1.82) is 0 Å². The number of amides is 2. The number of hydrogen-bond acceptors (Lipinski definition) is 2. The monoisotopic (exact) mass is 242 g/mol. The first-order chi connectivity index (χ1) is 8.66. The molecule has 0 aliphatic carbocycles. The Labute approximate surface area is 105 Å². The van der Waals surface area contributed by atoms with Gasteiger partial charge in [0.05, 0.1) is 11.0 Å². The zero-order chi connectivity index (χ0) is 12.7. The van der Waals surface area contributed by atoms with Gasteiger partial charge < -0.3 is 9.88 Å². The molecule has 18 heavy (non-hydrogen) atoms. The summed E-state index contributed by atoms with van der Waals surface area (Å²) in [4.78, 5) is 18.1. The number of carbonyl (C=O) groups is 1. The number of rotatable bonds is 1. The zero-order valence-electron chi connectivity index (χ0n) is 10.2. The lowest BCUT2D eigenvalue weighted by Gasteiger charge is -2.27. The maximum Gasteiger partial charge on any atom is 0.328 e. The first kappa shape index (κ1) is 10.8. The number of para-hydroxylation sites is 2. The van der Waals surface area contributed by atoms with Gasteiger partial charge in [-0.1, -0.05) is 18.7 Å². The standard InChI is InChI=1S/C13H14N4O/c1-9-7-8-17(13(18)14-9)12-15-10-5-3-4-6-11(10)16(12)2/h3-6H,1,7-8H2,2H3,(H,14,18). The number of aromatic nitrogens is 2. The van der Waals surface area contributed by atoms with Crippen molar-refractivity contribution in [3.63, 3.8) is 0 Å². The Balaban J connectivity index is 2.06. The summed E-state index contributed by atoms with van der Waals surface area (Å²) in [7, 11) is 1.92. The van der Waals surface area contributed by atoms with Crippen LogP contribution in [-0.4, -0.2) is 22.1 Å². The molecule has 1 fully saturated rings. The van der Waals surface area contributed by atoms with Crippen LogP contribution in [-0.2, 0) is 7.05 Å². The molecule has 0 radical (unpaired) electrons. The van der Waals surface area contributed by atoms with E-state index in [0.717, 1.165) is 23.2 Å². The van der Waals surface area contributed by atoms with E-state index >= 15 is 0 Å². The molecule has 2 heterocycles. The van der Waals surface area contributed by atoms with E-state index in [1.807, 2.05) is 35.9 Å². The largest absolute Gasteiger partial charge is 0.328 e. The minimum Gasteiger partial charge on any atom is -0.313 e. The minimum atomic E-state index is -0.162. The second-order valence-corrected chi connectivity index (χ2v) is 4.39. The number of carbonyl (C=O) groups excluding carboxylic acids is 1. The summed E-state index contributed by atoms with van der Waals surface area (Å²) in [5.41, 5.74) is 2.67. The van der Waals surface area contributed by atoms with Gasteiger partial charge in [0.25, 0.3) is 0 Å². The van der Waals surface area contributed by atoms with Crippen LogP contribution < -0.4 is 10.2 Å². The van der Waals surface area contributed by atoms with Gasteiger partial charge in [0, 0.05) is 25.7 Å². The Bertz CT molecular complexity index is 643. The van der Waals surface area contributed by atoms with Crippen molar-refractivity contribution >= 4 is 23.0 Å². The number of benzene rings is 1. The van der Waals surface area contributed by atoms with E-state index in [0.29, 0.717) is 12.5 Å². The normalized spacial score (nSPS) is 16.2. The fourth-order valence-corrected chi connectivity index (χ4v) is 2.19. The number of hydrogen-bond donors (Lipinski definition) is 1. The van der Waals surface area contributed by atoms with Crippen molar-refractivity contribution in [2.75, 3.05) is 11.4 Å². The fourth-order valence-electron chi connectivity index (χ4n) is 2.19.